The average Bonchev–Trinajstić information content (AvgIpc) is 3.23. The highest BCUT2D eigenvalue weighted by Gasteiger charge is 2.28. The van der Waals surface area contributed by atoms with E-state index in [-0.39, 0.29) is 64.1 Å². The summed E-state index contributed by atoms with van der Waals surface area (Å²) in [7, 11) is 2.85. The lowest BCUT2D eigenvalue weighted by atomic mass is 10.1. The molecule has 1 aromatic heterocycles. The minimum absolute atomic E-state index is 0.0664. The van der Waals surface area contributed by atoms with Crippen LogP contribution >= 0.6 is 0 Å². The van der Waals surface area contributed by atoms with Crippen molar-refractivity contribution >= 4 is 16.5 Å². The molecule has 0 spiro atoms. The van der Waals surface area contributed by atoms with Crippen LogP contribution in [0, 0.1) is 10.1 Å². The molecule has 2 aromatic carbocycles. The molecule has 160 valence electrons. The molecule has 3 aromatic rings. The van der Waals surface area contributed by atoms with Gasteiger partial charge < -0.3 is 24.1 Å². The van der Waals surface area contributed by atoms with Crippen LogP contribution in [-0.4, -0.2) is 35.6 Å². The van der Waals surface area contributed by atoms with Crippen LogP contribution in [0.3, 0.4) is 0 Å². The third-order valence-corrected chi connectivity index (χ3v) is 5.00. The molecular weight excluding hydrogens is 408 g/mol. The Morgan fingerprint density at radius 2 is 1.77 bits per heavy atom. The Labute approximate surface area is 175 Å². The van der Waals surface area contributed by atoms with E-state index in [9.17, 15) is 20.0 Å². The summed E-state index contributed by atoms with van der Waals surface area (Å²) < 4.78 is 22.2. The van der Waals surface area contributed by atoms with E-state index in [1.807, 2.05) is 0 Å². The van der Waals surface area contributed by atoms with Gasteiger partial charge in [-0.25, -0.2) is 0 Å². The molecule has 0 radical (unpaired) electrons. The zero-order chi connectivity index (χ0) is 22.3. The van der Waals surface area contributed by atoms with Crippen LogP contribution in [0.2, 0.25) is 0 Å². The summed E-state index contributed by atoms with van der Waals surface area (Å²) in [6, 6.07) is 5.44. The predicted octanol–water partition coefficient (Wildman–Crippen LogP) is 3.08. The van der Waals surface area contributed by atoms with Gasteiger partial charge in [-0.05, 0) is 12.1 Å². The van der Waals surface area contributed by atoms with Crippen LogP contribution in [0.4, 0.5) is 5.69 Å². The highest BCUT2D eigenvalue weighted by Crippen LogP contribution is 2.42. The number of pyridine rings is 1. The number of allylic oxidation sites excluding steroid dienone is 1. The van der Waals surface area contributed by atoms with Crippen molar-refractivity contribution in [3.63, 3.8) is 0 Å². The van der Waals surface area contributed by atoms with Crippen LogP contribution in [-0.2, 0) is 6.42 Å². The number of aromatic hydroxyl groups is 1. The summed E-state index contributed by atoms with van der Waals surface area (Å²) in [6.07, 6.45) is 1.55. The molecule has 0 aliphatic carbocycles. The lowest BCUT2D eigenvalue weighted by molar-refractivity contribution is -0.384. The zero-order valence-corrected chi connectivity index (χ0v) is 16.7. The monoisotopic (exact) mass is 426 g/mol. The Kier molecular flexibility index (Phi) is 4.90. The summed E-state index contributed by atoms with van der Waals surface area (Å²) in [6.45, 7) is 3.58. The van der Waals surface area contributed by atoms with Crippen molar-refractivity contribution in [3.8, 4) is 34.4 Å². The van der Waals surface area contributed by atoms with Crippen molar-refractivity contribution in [3.05, 3.63) is 63.1 Å². The summed E-state index contributed by atoms with van der Waals surface area (Å²) >= 11 is 0. The quantitative estimate of drug-likeness (QED) is 0.362. The topological polar surface area (TPSA) is 122 Å². The number of hydrogen-bond acceptors (Lipinski definition) is 8. The average molecular weight is 426 g/mol. The van der Waals surface area contributed by atoms with Crippen LogP contribution in [0.5, 0.6) is 28.7 Å². The number of nitro benzene ring substituents is 1. The molecular formula is C21H18N2O8. The SMILES string of the molecule is C=CCc1c(O)c2cc(OC)c(OC)cc2c(=O)n1-c1cc2c(cc1[N+](=O)[O-])OCO2. The molecule has 0 unspecified atom stereocenters. The number of aromatic nitrogens is 1. The lowest BCUT2D eigenvalue weighted by Crippen LogP contribution is -2.23. The standard InChI is InChI=1S/C21H18N2O8/c1-4-5-13-20(24)11-6-16(28-2)17(29-3)7-12(11)21(25)22(13)14-8-18-19(31-10-30-18)9-15(14)23(26)27/h4,6-9,24H,1,5,10H2,2-3H3. The van der Waals surface area contributed by atoms with Gasteiger partial charge in [-0.15, -0.1) is 6.58 Å². The fraction of sp³-hybridized carbons (Fsp3) is 0.190. The molecule has 0 saturated heterocycles. The molecule has 0 fully saturated rings. The van der Waals surface area contributed by atoms with Crippen molar-refractivity contribution in [2.45, 2.75) is 6.42 Å². The molecule has 10 heteroatoms. The third-order valence-electron chi connectivity index (χ3n) is 5.00. The zero-order valence-electron chi connectivity index (χ0n) is 16.7. The van der Waals surface area contributed by atoms with Crippen molar-refractivity contribution in [1.29, 1.82) is 0 Å². The van der Waals surface area contributed by atoms with E-state index in [0.29, 0.717) is 5.75 Å². The maximum atomic E-state index is 13.5. The molecule has 10 nitrogen and oxygen atoms in total. The van der Waals surface area contributed by atoms with E-state index >= 15 is 0 Å². The second kappa shape index (κ2) is 7.56. The van der Waals surface area contributed by atoms with Gasteiger partial charge in [0.15, 0.2) is 23.0 Å². The molecule has 1 aliphatic heterocycles. The van der Waals surface area contributed by atoms with Crippen LogP contribution in [0.25, 0.3) is 16.5 Å². The van der Waals surface area contributed by atoms with Gasteiger partial charge in [-0.1, -0.05) is 6.08 Å². The second-order valence-corrected chi connectivity index (χ2v) is 6.63. The van der Waals surface area contributed by atoms with E-state index in [0.717, 1.165) is 4.57 Å². The summed E-state index contributed by atoms with van der Waals surface area (Å²) in [5.74, 6) is 0.812. The Balaban J connectivity index is 2.15. The molecule has 0 amide bonds. The first-order chi connectivity index (χ1) is 14.9. The van der Waals surface area contributed by atoms with Gasteiger partial charge in [0.2, 0.25) is 6.79 Å². The number of methoxy groups -OCH3 is 2. The van der Waals surface area contributed by atoms with E-state index in [1.165, 1.54) is 44.6 Å². The largest absolute Gasteiger partial charge is 0.505 e. The number of nitrogens with zero attached hydrogens (tertiary/aromatic N) is 2. The van der Waals surface area contributed by atoms with Crippen molar-refractivity contribution in [2.75, 3.05) is 21.0 Å². The maximum Gasteiger partial charge on any atom is 0.297 e. The van der Waals surface area contributed by atoms with E-state index < -0.39 is 10.5 Å². The van der Waals surface area contributed by atoms with Crippen molar-refractivity contribution in [2.24, 2.45) is 0 Å². The van der Waals surface area contributed by atoms with E-state index in [1.54, 1.807) is 0 Å². The molecule has 2 heterocycles. The molecule has 1 N–H and O–H groups in total. The number of hydrogen-bond donors (Lipinski definition) is 1. The van der Waals surface area contributed by atoms with Gasteiger partial charge in [0.1, 0.15) is 11.4 Å². The Morgan fingerprint density at radius 1 is 1.16 bits per heavy atom. The van der Waals surface area contributed by atoms with Gasteiger partial charge in [-0.2, -0.15) is 0 Å². The summed E-state index contributed by atoms with van der Waals surface area (Å²) in [5, 5.41) is 23.1. The summed E-state index contributed by atoms with van der Waals surface area (Å²) in [4.78, 5) is 24.7. The van der Waals surface area contributed by atoms with Crippen molar-refractivity contribution in [1.82, 2.24) is 4.57 Å². The smallest absolute Gasteiger partial charge is 0.297 e. The first-order valence-electron chi connectivity index (χ1n) is 9.13. The van der Waals surface area contributed by atoms with Gasteiger partial charge in [0, 0.05) is 17.9 Å². The molecule has 0 saturated carbocycles. The minimum atomic E-state index is -0.628. The minimum Gasteiger partial charge on any atom is -0.505 e. The molecule has 0 atom stereocenters. The maximum absolute atomic E-state index is 13.5. The second-order valence-electron chi connectivity index (χ2n) is 6.63. The normalized spacial score (nSPS) is 12.1. The first kappa shape index (κ1) is 20.1. The van der Waals surface area contributed by atoms with Gasteiger partial charge >= 0.3 is 0 Å². The fourth-order valence-electron chi connectivity index (χ4n) is 3.58. The fourth-order valence-corrected chi connectivity index (χ4v) is 3.58. The van der Waals surface area contributed by atoms with E-state index in [4.69, 9.17) is 18.9 Å². The highest BCUT2D eigenvalue weighted by atomic mass is 16.7. The van der Waals surface area contributed by atoms with Crippen LogP contribution in [0.15, 0.2) is 41.7 Å². The van der Waals surface area contributed by atoms with Crippen LogP contribution in [0.1, 0.15) is 5.69 Å². The van der Waals surface area contributed by atoms with Crippen LogP contribution < -0.4 is 24.5 Å². The van der Waals surface area contributed by atoms with Gasteiger partial charge in [-0.3, -0.25) is 19.5 Å². The highest BCUT2D eigenvalue weighted by molar-refractivity contribution is 5.91. The summed E-state index contributed by atoms with van der Waals surface area (Å²) in [5.41, 5.74) is -0.909. The number of ether oxygens (including phenoxy) is 4. The predicted molar refractivity (Wildman–Crippen MR) is 111 cm³/mol. The van der Waals surface area contributed by atoms with Crippen molar-refractivity contribution < 1.29 is 29.0 Å². The molecule has 4 rings (SSSR count). The number of rotatable bonds is 6. The van der Waals surface area contributed by atoms with Gasteiger partial charge in [0.25, 0.3) is 11.2 Å². The lowest BCUT2D eigenvalue weighted by Gasteiger charge is -2.17. The Morgan fingerprint density at radius 3 is 2.35 bits per heavy atom. The third kappa shape index (κ3) is 3.08. The van der Waals surface area contributed by atoms with Gasteiger partial charge in [0.05, 0.1) is 36.3 Å². The molecule has 31 heavy (non-hydrogen) atoms. The Hall–Kier alpha value is -4.21. The number of fused-ring (bicyclic) bond motifs is 2. The molecule has 0 bridgehead atoms. The van der Waals surface area contributed by atoms with E-state index in [2.05, 4.69) is 6.58 Å². The number of benzene rings is 2. The Bertz CT molecular complexity index is 1300. The first-order valence-corrected chi connectivity index (χ1v) is 9.13. The number of nitro groups is 1. The molecule has 1 aliphatic rings.